The molecule has 0 N–H and O–H groups in total. The molecular weight excluding hydrogens is 357 g/mol. The fourth-order valence-electron chi connectivity index (χ4n) is 4.18. The fourth-order valence-corrected chi connectivity index (χ4v) is 4.18. The van der Waals surface area contributed by atoms with Crippen LogP contribution in [0.5, 0.6) is 0 Å². The monoisotopic (exact) mass is 374 g/mol. The summed E-state index contributed by atoms with van der Waals surface area (Å²) in [6, 6.07) is 11.7. The van der Waals surface area contributed by atoms with E-state index in [0.717, 1.165) is 12.1 Å². The minimum Gasteiger partial charge on any atom is -0.310 e. The second-order valence-electron chi connectivity index (χ2n) is 6.65. The second kappa shape index (κ2) is 5.84. The summed E-state index contributed by atoms with van der Waals surface area (Å²) in [6.07, 6.45) is -4.21. The number of alkyl halides is 3. The highest BCUT2D eigenvalue weighted by molar-refractivity contribution is 6.02. The van der Waals surface area contributed by atoms with E-state index in [4.69, 9.17) is 0 Å². The van der Waals surface area contributed by atoms with Crippen LogP contribution in [-0.4, -0.2) is 34.7 Å². The molecule has 2 amide bonds. The number of hydrogen-bond donors (Lipinski definition) is 0. The standard InChI is InChI=1S/C20H17F3N2O2/c1-2-17(26)24-11-12-25-18(27)15-5-3-4-6-16(15)19(24,25)13-7-9-14(10-8-13)20(21,22)23/h3-10H,2,11-12H2,1H3. The molecule has 4 rings (SSSR count). The summed E-state index contributed by atoms with van der Waals surface area (Å²) in [7, 11) is 0. The van der Waals surface area contributed by atoms with Gasteiger partial charge in [0.1, 0.15) is 0 Å². The number of nitrogens with zero attached hydrogens (tertiary/aromatic N) is 2. The molecule has 2 aliphatic rings. The van der Waals surface area contributed by atoms with Crippen LogP contribution in [0.4, 0.5) is 13.2 Å². The molecule has 0 radical (unpaired) electrons. The average molecular weight is 374 g/mol. The molecule has 2 heterocycles. The van der Waals surface area contributed by atoms with Gasteiger partial charge in [-0.15, -0.1) is 0 Å². The van der Waals surface area contributed by atoms with Crippen molar-refractivity contribution in [3.8, 4) is 0 Å². The quantitative estimate of drug-likeness (QED) is 0.806. The number of carbonyl (C=O) groups excluding carboxylic acids is 2. The average Bonchev–Trinajstić information content (AvgIpc) is 3.17. The molecule has 0 bridgehead atoms. The van der Waals surface area contributed by atoms with Crippen LogP contribution in [0.25, 0.3) is 0 Å². The first kappa shape index (κ1) is 17.6. The molecule has 0 saturated carbocycles. The molecular formula is C20H17F3N2O2. The van der Waals surface area contributed by atoms with Crippen LogP contribution in [-0.2, 0) is 16.6 Å². The van der Waals surface area contributed by atoms with Crippen molar-refractivity contribution in [3.05, 3.63) is 70.8 Å². The van der Waals surface area contributed by atoms with Gasteiger partial charge in [-0.1, -0.05) is 37.3 Å². The number of fused-ring (bicyclic) bond motifs is 3. The lowest BCUT2D eigenvalue weighted by Crippen LogP contribution is -2.51. The van der Waals surface area contributed by atoms with Crippen LogP contribution in [0.15, 0.2) is 48.5 Å². The Morgan fingerprint density at radius 3 is 2.37 bits per heavy atom. The zero-order chi connectivity index (χ0) is 19.4. The summed E-state index contributed by atoms with van der Waals surface area (Å²) < 4.78 is 39.0. The van der Waals surface area contributed by atoms with Gasteiger partial charge in [0, 0.05) is 36.2 Å². The van der Waals surface area contributed by atoms with Crippen molar-refractivity contribution in [3.63, 3.8) is 0 Å². The maximum Gasteiger partial charge on any atom is 0.416 e. The van der Waals surface area contributed by atoms with E-state index in [1.807, 2.05) is 0 Å². The molecule has 1 unspecified atom stereocenters. The van der Waals surface area contributed by atoms with Crippen molar-refractivity contribution in [1.82, 2.24) is 9.80 Å². The molecule has 1 atom stereocenters. The van der Waals surface area contributed by atoms with Gasteiger partial charge < -0.3 is 9.80 Å². The van der Waals surface area contributed by atoms with Gasteiger partial charge in [0.05, 0.1) is 5.56 Å². The van der Waals surface area contributed by atoms with Gasteiger partial charge in [-0.3, -0.25) is 9.59 Å². The third-order valence-corrected chi connectivity index (χ3v) is 5.32. The third kappa shape index (κ3) is 2.30. The Bertz CT molecular complexity index is 924. The first-order valence-corrected chi connectivity index (χ1v) is 8.71. The SMILES string of the molecule is CCC(=O)N1CCN2C(=O)c3ccccc3C12c1ccc(C(F)(F)F)cc1. The van der Waals surface area contributed by atoms with Crippen molar-refractivity contribution < 1.29 is 22.8 Å². The number of hydrogen-bond acceptors (Lipinski definition) is 2. The third-order valence-electron chi connectivity index (χ3n) is 5.32. The van der Waals surface area contributed by atoms with E-state index >= 15 is 0 Å². The van der Waals surface area contributed by atoms with Gasteiger partial charge >= 0.3 is 6.18 Å². The van der Waals surface area contributed by atoms with Crippen LogP contribution < -0.4 is 0 Å². The number of benzene rings is 2. The van der Waals surface area contributed by atoms with Gasteiger partial charge in [-0.25, -0.2) is 0 Å². The fraction of sp³-hybridized carbons (Fsp3) is 0.300. The number of halogens is 3. The van der Waals surface area contributed by atoms with Crippen LogP contribution in [0.1, 0.15) is 40.4 Å². The Kier molecular flexibility index (Phi) is 3.80. The highest BCUT2D eigenvalue weighted by Gasteiger charge is 2.59. The predicted molar refractivity (Wildman–Crippen MR) is 91.7 cm³/mol. The lowest BCUT2D eigenvalue weighted by molar-refractivity contribution is -0.138. The molecule has 0 spiro atoms. The number of carbonyl (C=O) groups is 2. The lowest BCUT2D eigenvalue weighted by Gasteiger charge is -2.40. The van der Waals surface area contributed by atoms with Crippen LogP contribution in [0, 0.1) is 0 Å². The van der Waals surface area contributed by atoms with Crippen molar-refractivity contribution in [1.29, 1.82) is 0 Å². The minimum atomic E-state index is -4.45. The van der Waals surface area contributed by atoms with Gasteiger partial charge in [-0.2, -0.15) is 13.2 Å². The van der Waals surface area contributed by atoms with E-state index in [0.29, 0.717) is 29.8 Å². The van der Waals surface area contributed by atoms with E-state index in [-0.39, 0.29) is 18.2 Å². The molecule has 2 aromatic carbocycles. The summed E-state index contributed by atoms with van der Waals surface area (Å²) >= 11 is 0. The summed E-state index contributed by atoms with van der Waals surface area (Å²) in [6.45, 7) is 2.40. The largest absolute Gasteiger partial charge is 0.416 e. The molecule has 27 heavy (non-hydrogen) atoms. The summed E-state index contributed by atoms with van der Waals surface area (Å²) in [5, 5.41) is 0. The molecule has 2 aliphatic heterocycles. The second-order valence-corrected chi connectivity index (χ2v) is 6.65. The Hall–Kier alpha value is -2.83. The molecule has 2 aromatic rings. The maximum atomic E-state index is 13.0. The molecule has 7 heteroatoms. The Morgan fingerprint density at radius 1 is 1.07 bits per heavy atom. The van der Waals surface area contributed by atoms with E-state index in [9.17, 15) is 22.8 Å². The predicted octanol–water partition coefficient (Wildman–Crippen LogP) is 3.61. The minimum absolute atomic E-state index is 0.151. The van der Waals surface area contributed by atoms with Crippen LogP contribution in [0.3, 0.4) is 0 Å². The number of amides is 2. The maximum absolute atomic E-state index is 13.0. The molecule has 1 fully saturated rings. The van der Waals surface area contributed by atoms with E-state index in [1.54, 1.807) is 41.0 Å². The van der Waals surface area contributed by atoms with E-state index in [2.05, 4.69) is 0 Å². The first-order valence-electron chi connectivity index (χ1n) is 8.71. The summed E-state index contributed by atoms with van der Waals surface area (Å²) in [5.74, 6) is -0.362. The van der Waals surface area contributed by atoms with Crippen molar-refractivity contribution in [2.24, 2.45) is 0 Å². The van der Waals surface area contributed by atoms with Gasteiger partial charge in [0.2, 0.25) is 5.91 Å². The van der Waals surface area contributed by atoms with Gasteiger partial charge in [-0.05, 0) is 18.2 Å². The molecule has 0 aliphatic carbocycles. The highest BCUT2D eigenvalue weighted by atomic mass is 19.4. The molecule has 1 saturated heterocycles. The van der Waals surface area contributed by atoms with Crippen LogP contribution in [0.2, 0.25) is 0 Å². The van der Waals surface area contributed by atoms with Gasteiger partial charge in [0.15, 0.2) is 5.66 Å². The summed E-state index contributed by atoms with van der Waals surface area (Å²) in [5.41, 5.74) is -0.364. The van der Waals surface area contributed by atoms with Crippen molar-refractivity contribution in [2.75, 3.05) is 13.1 Å². The lowest BCUT2D eigenvalue weighted by atomic mass is 9.89. The summed E-state index contributed by atoms with van der Waals surface area (Å²) in [4.78, 5) is 28.8. The molecule has 4 nitrogen and oxygen atoms in total. The van der Waals surface area contributed by atoms with Crippen LogP contribution >= 0.6 is 0 Å². The zero-order valence-corrected chi connectivity index (χ0v) is 14.6. The van der Waals surface area contributed by atoms with Gasteiger partial charge in [0.25, 0.3) is 5.91 Å². The highest BCUT2D eigenvalue weighted by Crippen LogP contribution is 2.50. The van der Waals surface area contributed by atoms with Crippen molar-refractivity contribution in [2.45, 2.75) is 25.2 Å². The van der Waals surface area contributed by atoms with E-state index < -0.39 is 17.4 Å². The molecule has 0 aromatic heterocycles. The Balaban J connectivity index is 1.96. The first-order chi connectivity index (χ1) is 12.8. The smallest absolute Gasteiger partial charge is 0.310 e. The molecule has 140 valence electrons. The topological polar surface area (TPSA) is 40.6 Å². The zero-order valence-electron chi connectivity index (χ0n) is 14.6. The van der Waals surface area contributed by atoms with Crippen molar-refractivity contribution >= 4 is 11.8 Å². The number of rotatable bonds is 2. The van der Waals surface area contributed by atoms with E-state index in [1.165, 1.54) is 12.1 Å². The Labute approximate surface area is 154 Å². The Morgan fingerprint density at radius 2 is 1.74 bits per heavy atom. The normalized spacial score (nSPS) is 21.4.